The summed E-state index contributed by atoms with van der Waals surface area (Å²) in [4.78, 5) is 13.0. The van der Waals surface area contributed by atoms with Gasteiger partial charge in [0, 0.05) is 22.2 Å². The van der Waals surface area contributed by atoms with Crippen molar-refractivity contribution in [2.24, 2.45) is 0 Å². The van der Waals surface area contributed by atoms with E-state index in [9.17, 15) is 4.79 Å². The van der Waals surface area contributed by atoms with Crippen molar-refractivity contribution in [2.75, 3.05) is 5.32 Å². The molecule has 0 unspecified atom stereocenters. The number of carbonyl (C=O) groups is 1. The van der Waals surface area contributed by atoms with E-state index >= 15 is 0 Å². The first kappa shape index (κ1) is 18.6. The Morgan fingerprint density at radius 1 is 1.03 bits per heavy atom. The van der Waals surface area contributed by atoms with Crippen molar-refractivity contribution in [2.45, 2.75) is 6.61 Å². The molecule has 0 saturated heterocycles. The van der Waals surface area contributed by atoms with Gasteiger partial charge in [0.1, 0.15) is 5.75 Å². The molecule has 1 amide bonds. The number of hydrogen-bond donors (Lipinski definition) is 1. The van der Waals surface area contributed by atoms with Crippen molar-refractivity contribution < 1.29 is 13.9 Å². The summed E-state index contributed by atoms with van der Waals surface area (Å²) >= 11 is 1.58. The standard InChI is InChI=1S/C22H17N3O3S/c26-20(13-12-19-7-4-14-29-19)23-17-8-10-18(11-9-17)27-15-21-24-25-22(28-21)16-5-2-1-3-6-16/h1-14H,15H2,(H,23,26). The molecule has 144 valence electrons. The Bertz CT molecular complexity index is 1090. The molecule has 0 aliphatic rings. The lowest BCUT2D eigenvalue weighted by Crippen LogP contribution is -2.07. The molecule has 4 rings (SSSR count). The minimum Gasteiger partial charge on any atom is -0.484 e. The Balaban J connectivity index is 1.29. The first-order valence-electron chi connectivity index (χ1n) is 8.89. The lowest BCUT2D eigenvalue weighted by molar-refractivity contribution is -0.111. The van der Waals surface area contributed by atoms with Crippen LogP contribution in [-0.4, -0.2) is 16.1 Å². The van der Waals surface area contributed by atoms with E-state index in [1.54, 1.807) is 41.7 Å². The Kier molecular flexibility index (Phi) is 5.78. The van der Waals surface area contributed by atoms with Crippen LogP contribution in [0.25, 0.3) is 17.5 Å². The predicted molar refractivity (Wildman–Crippen MR) is 112 cm³/mol. The molecule has 1 N–H and O–H groups in total. The molecule has 0 radical (unpaired) electrons. The average Bonchev–Trinajstić information content (AvgIpc) is 3.45. The maximum atomic E-state index is 12.0. The summed E-state index contributed by atoms with van der Waals surface area (Å²) in [6, 6.07) is 20.5. The van der Waals surface area contributed by atoms with Gasteiger partial charge >= 0.3 is 0 Å². The third kappa shape index (κ3) is 5.18. The molecule has 0 fully saturated rings. The molecule has 2 aromatic heterocycles. The van der Waals surface area contributed by atoms with Gasteiger partial charge < -0.3 is 14.5 Å². The zero-order chi connectivity index (χ0) is 19.9. The monoisotopic (exact) mass is 403 g/mol. The molecular formula is C22H17N3O3S. The number of anilines is 1. The number of carbonyl (C=O) groups excluding carboxylic acids is 1. The second-order valence-corrected chi connectivity index (χ2v) is 7.00. The van der Waals surface area contributed by atoms with Gasteiger partial charge in [0.05, 0.1) is 0 Å². The maximum absolute atomic E-state index is 12.0. The number of ether oxygens (including phenoxy) is 1. The van der Waals surface area contributed by atoms with Crippen LogP contribution in [0.3, 0.4) is 0 Å². The third-order valence-electron chi connectivity index (χ3n) is 3.91. The zero-order valence-electron chi connectivity index (χ0n) is 15.3. The van der Waals surface area contributed by atoms with Gasteiger partial charge in [0.2, 0.25) is 11.8 Å². The number of rotatable bonds is 7. The summed E-state index contributed by atoms with van der Waals surface area (Å²) in [6.45, 7) is 0.162. The SMILES string of the molecule is O=C(C=Cc1cccs1)Nc1ccc(OCc2nnc(-c3ccccc3)o2)cc1. The lowest BCUT2D eigenvalue weighted by atomic mass is 10.2. The Morgan fingerprint density at radius 2 is 1.86 bits per heavy atom. The summed E-state index contributed by atoms with van der Waals surface area (Å²) in [5.41, 5.74) is 1.54. The van der Waals surface area contributed by atoms with Crippen molar-refractivity contribution in [3.05, 3.63) is 89.0 Å². The molecule has 4 aromatic rings. The predicted octanol–water partition coefficient (Wildman–Crippen LogP) is 5.03. The molecule has 2 heterocycles. The van der Waals surface area contributed by atoms with Crippen LogP contribution in [0.15, 0.2) is 82.6 Å². The van der Waals surface area contributed by atoms with Gasteiger partial charge in [-0.1, -0.05) is 24.3 Å². The van der Waals surface area contributed by atoms with E-state index in [2.05, 4.69) is 15.5 Å². The second kappa shape index (κ2) is 8.99. The van der Waals surface area contributed by atoms with Gasteiger partial charge in [-0.3, -0.25) is 4.79 Å². The van der Waals surface area contributed by atoms with Crippen molar-refractivity contribution in [3.8, 4) is 17.2 Å². The van der Waals surface area contributed by atoms with Crippen LogP contribution in [0.4, 0.5) is 5.69 Å². The van der Waals surface area contributed by atoms with Gasteiger partial charge in [-0.05, 0) is 53.9 Å². The molecule has 0 aliphatic carbocycles. The molecule has 0 aliphatic heterocycles. The van der Waals surface area contributed by atoms with Crippen molar-refractivity contribution in [1.29, 1.82) is 0 Å². The van der Waals surface area contributed by atoms with E-state index in [4.69, 9.17) is 9.15 Å². The molecule has 2 aromatic carbocycles. The van der Waals surface area contributed by atoms with Gasteiger partial charge in [-0.15, -0.1) is 21.5 Å². The highest BCUT2D eigenvalue weighted by molar-refractivity contribution is 7.10. The number of benzene rings is 2. The average molecular weight is 403 g/mol. The van der Waals surface area contributed by atoms with E-state index in [0.717, 1.165) is 10.4 Å². The minimum absolute atomic E-state index is 0.162. The van der Waals surface area contributed by atoms with E-state index in [0.29, 0.717) is 23.2 Å². The molecule has 0 saturated carbocycles. The topological polar surface area (TPSA) is 77.2 Å². The van der Waals surface area contributed by atoms with E-state index in [1.165, 1.54) is 6.08 Å². The third-order valence-corrected chi connectivity index (χ3v) is 4.75. The van der Waals surface area contributed by atoms with Crippen LogP contribution < -0.4 is 10.1 Å². The summed E-state index contributed by atoms with van der Waals surface area (Å²) < 4.78 is 11.3. The summed E-state index contributed by atoms with van der Waals surface area (Å²) in [5.74, 6) is 1.29. The molecule has 0 atom stereocenters. The van der Waals surface area contributed by atoms with E-state index < -0.39 is 0 Å². The summed E-state index contributed by atoms with van der Waals surface area (Å²) in [6.07, 6.45) is 3.29. The largest absolute Gasteiger partial charge is 0.484 e. The van der Waals surface area contributed by atoms with Gasteiger partial charge in [-0.25, -0.2) is 0 Å². The number of amides is 1. The highest BCUT2D eigenvalue weighted by Gasteiger charge is 2.08. The second-order valence-electron chi connectivity index (χ2n) is 6.02. The number of nitrogens with zero attached hydrogens (tertiary/aromatic N) is 2. The van der Waals surface area contributed by atoms with Gasteiger partial charge in [-0.2, -0.15) is 0 Å². The smallest absolute Gasteiger partial charge is 0.254 e. The van der Waals surface area contributed by atoms with Crippen LogP contribution in [-0.2, 0) is 11.4 Å². The highest BCUT2D eigenvalue weighted by Crippen LogP contribution is 2.20. The fourth-order valence-electron chi connectivity index (χ4n) is 2.52. The summed E-state index contributed by atoms with van der Waals surface area (Å²) in [5, 5.41) is 12.8. The summed E-state index contributed by atoms with van der Waals surface area (Å²) in [7, 11) is 0. The molecule has 0 bridgehead atoms. The van der Waals surface area contributed by atoms with Crippen LogP contribution in [0.5, 0.6) is 5.75 Å². The molecule has 0 spiro atoms. The highest BCUT2D eigenvalue weighted by atomic mass is 32.1. The van der Waals surface area contributed by atoms with Crippen molar-refractivity contribution >= 4 is 29.0 Å². The number of hydrogen-bond acceptors (Lipinski definition) is 6. The molecular weight excluding hydrogens is 386 g/mol. The number of nitrogens with one attached hydrogen (secondary N) is 1. The zero-order valence-corrected chi connectivity index (χ0v) is 16.1. The molecule has 29 heavy (non-hydrogen) atoms. The van der Waals surface area contributed by atoms with Crippen LogP contribution in [0.1, 0.15) is 10.8 Å². The number of aromatic nitrogens is 2. The van der Waals surface area contributed by atoms with Gasteiger partial charge in [0.15, 0.2) is 6.61 Å². The van der Waals surface area contributed by atoms with Crippen LogP contribution >= 0.6 is 11.3 Å². The quantitative estimate of drug-likeness (QED) is 0.438. The maximum Gasteiger partial charge on any atom is 0.254 e. The first-order chi connectivity index (χ1) is 14.3. The first-order valence-corrected chi connectivity index (χ1v) is 9.77. The lowest BCUT2D eigenvalue weighted by Gasteiger charge is -2.05. The fourth-order valence-corrected chi connectivity index (χ4v) is 3.13. The van der Waals surface area contributed by atoms with Crippen molar-refractivity contribution in [1.82, 2.24) is 10.2 Å². The number of thiophene rings is 1. The fraction of sp³-hybridized carbons (Fsp3) is 0.0455. The Labute approximate surface area is 171 Å². The van der Waals surface area contributed by atoms with Crippen LogP contribution in [0, 0.1) is 0 Å². The Morgan fingerprint density at radius 3 is 2.62 bits per heavy atom. The van der Waals surface area contributed by atoms with E-state index in [1.807, 2.05) is 47.8 Å². The van der Waals surface area contributed by atoms with E-state index in [-0.39, 0.29) is 12.5 Å². The van der Waals surface area contributed by atoms with Gasteiger partial charge in [0.25, 0.3) is 5.89 Å². The van der Waals surface area contributed by atoms with Crippen LogP contribution in [0.2, 0.25) is 0 Å². The Hall–Kier alpha value is -3.71. The minimum atomic E-state index is -0.189. The van der Waals surface area contributed by atoms with Crippen molar-refractivity contribution in [3.63, 3.8) is 0 Å². The normalized spacial score (nSPS) is 10.9. The molecule has 7 heteroatoms. The molecule has 6 nitrogen and oxygen atoms in total.